The number of hydrogen-bond donors (Lipinski definition) is 0. The Bertz CT molecular complexity index is 3450. The van der Waals surface area contributed by atoms with Crippen LogP contribution >= 0.6 is 56.7 Å². The molecule has 0 aliphatic heterocycles. The van der Waals surface area contributed by atoms with Gasteiger partial charge in [0.1, 0.15) is 0 Å². The molecule has 9 aromatic rings. The Balaban J connectivity index is 1.23. The van der Waals surface area contributed by atoms with Gasteiger partial charge in [0.15, 0.2) is 0 Å². The maximum atomic E-state index is 13.8. The maximum Gasteiger partial charge on any atom is 0.277 e. The molecule has 1 amide bonds. The van der Waals surface area contributed by atoms with E-state index < -0.39 is 0 Å². The number of amides is 1. The molecule has 3 nitrogen and oxygen atoms in total. The van der Waals surface area contributed by atoms with Gasteiger partial charge in [-0.3, -0.25) is 9.63 Å². The van der Waals surface area contributed by atoms with Crippen LogP contribution in [0, 0.1) is 13.8 Å². The van der Waals surface area contributed by atoms with E-state index in [4.69, 9.17) is 4.84 Å². The lowest BCUT2D eigenvalue weighted by molar-refractivity contribution is -0.0756. The van der Waals surface area contributed by atoms with Crippen molar-refractivity contribution in [2.75, 3.05) is 14.2 Å². The molecular formula is C65H73NO2S5. The lowest BCUT2D eigenvalue weighted by atomic mass is 9.81. The number of hydroxylamine groups is 2. The Kier molecular flexibility index (Phi) is 16.2. The molecular weight excluding hydrogens is 987 g/mol. The molecule has 0 saturated carbocycles. The number of rotatable bonds is 17. The summed E-state index contributed by atoms with van der Waals surface area (Å²) in [5, 5.41) is 10.5. The molecule has 4 bridgehead atoms. The summed E-state index contributed by atoms with van der Waals surface area (Å²) < 4.78 is 0. The van der Waals surface area contributed by atoms with Crippen LogP contribution in [0.15, 0.2) is 102 Å². The zero-order chi connectivity index (χ0) is 51.8. The van der Waals surface area contributed by atoms with Crippen molar-refractivity contribution >= 4 is 94.9 Å². The highest BCUT2D eigenvalue weighted by molar-refractivity contribution is 7.30. The summed E-state index contributed by atoms with van der Waals surface area (Å²) >= 11 is 9.74. The smallest absolute Gasteiger partial charge is 0.274 e. The van der Waals surface area contributed by atoms with Gasteiger partial charge < -0.3 is 0 Å². The van der Waals surface area contributed by atoms with Crippen molar-refractivity contribution in [1.29, 1.82) is 0 Å². The maximum absolute atomic E-state index is 13.8. The summed E-state index contributed by atoms with van der Waals surface area (Å²) in [6.07, 6.45) is 12.4. The quantitative estimate of drug-likeness (QED) is 0.0672. The first-order chi connectivity index (χ1) is 35.0. The molecule has 0 unspecified atom stereocenters. The van der Waals surface area contributed by atoms with Gasteiger partial charge in [0.25, 0.3) is 5.91 Å². The zero-order valence-electron chi connectivity index (χ0n) is 45.2. The molecule has 0 fully saturated rings. The van der Waals surface area contributed by atoms with Crippen molar-refractivity contribution in [2.24, 2.45) is 0 Å². The summed E-state index contributed by atoms with van der Waals surface area (Å²) in [5.74, 6) is -0.173. The highest BCUT2D eigenvalue weighted by atomic mass is 32.1. The molecule has 73 heavy (non-hydrogen) atoms. The number of nitrogens with zero attached hydrogens (tertiary/aromatic N) is 1. The molecule has 0 saturated heterocycles. The summed E-state index contributed by atoms with van der Waals surface area (Å²) in [7, 11) is 3.22. The van der Waals surface area contributed by atoms with Crippen LogP contribution in [-0.2, 0) is 28.5 Å². The fourth-order valence-electron chi connectivity index (χ4n) is 10.2. The first-order valence-electron chi connectivity index (χ1n) is 26.5. The van der Waals surface area contributed by atoms with Crippen molar-refractivity contribution in [2.45, 2.75) is 144 Å². The normalized spacial score (nSPS) is 12.2. The molecule has 5 heterocycles. The van der Waals surface area contributed by atoms with Gasteiger partial charge in [0.2, 0.25) is 0 Å². The molecule has 5 aromatic heterocycles. The minimum atomic E-state index is -0.173. The predicted molar refractivity (Wildman–Crippen MR) is 326 cm³/mol. The molecule has 8 heteroatoms. The lowest BCUT2D eigenvalue weighted by Crippen LogP contribution is -2.25. The summed E-state index contributed by atoms with van der Waals surface area (Å²) in [6.45, 7) is 23.0. The van der Waals surface area contributed by atoms with E-state index in [0.29, 0.717) is 5.56 Å². The molecule has 0 atom stereocenters. The topological polar surface area (TPSA) is 29.5 Å². The van der Waals surface area contributed by atoms with Crippen LogP contribution in [0.5, 0.6) is 0 Å². The van der Waals surface area contributed by atoms with Crippen molar-refractivity contribution < 1.29 is 9.63 Å². The minimum Gasteiger partial charge on any atom is -0.274 e. The second-order valence-electron chi connectivity index (χ2n) is 22.0. The zero-order valence-corrected chi connectivity index (χ0v) is 49.3. The predicted octanol–water partition coefficient (Wildman–Crippen LogP) is 21.4. The van der Waals surface area contributed by atoms with Gasteiger partial charge in [0, 0.05) is 56.5 Å². The largest absolute Gasteiger partial charge is 0.277 e. The van der Waals surface area contributed by atoms with Gasteiger partial charge in [-0.15, -0.1) is 56.7 Å². The van der Waals surface area contributed by atoms with Crippen LogP contribution in [0.25, 0.3) is 81.8 Å². The SMILES string of the molecule is CCCCCCc1c(-c2ccc(-c3cccs3)s2)sc(-c2ccc(-c3ccc(-c4cc5cc(C(C)(C)C)cc(c5C)c5ccc(C(=O)N(C)OC)cc5c5cc(C(C)(C)C)cc4c5C)s3)s2)c1CCCCCC. The van der Waals surface area contributed by atoms with E-state index in [1.54, 1.807) is 18.2 Å². The van der Waals surface area contributed by atoms with E-state index in [0.717, 1.165) is 29.0 Å². The molecule has 0 spiro atoms. The van der Waals surface area contributed by atoms with Gasteiger partial charge in [-0.2, -0.15) is 0 Å². The standard InChI is InChI=1S/C65H73NO2S5/c1-13-15-17-19-22-47-48(23-20-18-16-14-2)62(73-61(47)59-31-29-56(71-59)55-24-21-33-69-55)60-32-30-58(72-60)57-28-27-54(70-57)53-36-43-34-44(64(5,6)7)37-49(40(43)3)46-26-25-42(63(67)66(11)68-12)35-52(46)50-38-45(65(8,9)10)39-51(53)41(50)4/h21,24-39H,13-20,22-23H2,1-12H3. The molecule has 0 N–H and O–H groups in total. The van der Waals surface area contributed by atoms with Crippen LogP contribution in [0.3, 0.4) is 0 Å². The molecule has 0 radical (unpaired) electrons. The van der Waals surface area contributed by atoms with Gasteiger partial charge in [0.05, 0.1) is 7.11 Å². The number of carbonyl (C=O) groups excluding carboxylic acids is 1. The summed E-state index contributed by atoms with van der Waals surface area (Å²) in [5.41, 5.74) is 9.81. The van der Waals surface area contributed by atoms with Crippen LogP contribution in [-0.4, -0.2) is 25.1 Å². The van der Waals surface area contributed by atoms with Crippen LogP contribution in [0.2, 0.25) is 0 Å². The monoisotopic (exact) mass is 1060 g/mol. The Morgan fingerprint density at radius 3 is 1.59 bits per heavy atom. The fraction of sp³-hybridized carbons (Fsp3) is 0.369. The number of benzene rings is 3. The van der Waals surface area contributed by atoms with Gasteiger partial charge in [-0.05, 0) is 188 Å². The van der Waals surface area contributed by atoms with E-state index >= 15 is 0 Å². The Morgan fingerprint density at radius 2 is 1.04 bits per heavy atom. The number of fused-ring (bicyclic) bond motifs is 7. The van der Waals surface area contributed by atoms with E-state index in [1.807, 2.05) is 51.4 Å². The third-order valence-electron chi connectivity index (χ3n) is 14.8. The third-order valence-corrected chi connectivity index (χ3v) is 21.0. The number of carbonyl (C=O) groups is 1. The van der Waals surface area contributed by atoms with Gasteiger partial charge in [-0.1, -0.05) is 130 Å². The molecule has 380 valence electrons. The first kappa shape index (κ1) is 53.2. The van der Waals surface area contributed by atoms with Crippen molar-refractivity contribution in [3.05, 3.63) is 141 Å². The average molecular weight is 1060 g/mol. The molecule has 9 rings (SSSR count). The second kappa shape index (κ2) is 22.3. The van der Waals surface area contributed by atoms with E-state index in [9.17, 15) is 4.79 Å². The Hall–Kier alpha value is -4.67. The van der Waals surface area contributed by atoms with Crippen LogP contribution < -0.4 is 0 Å². The highest BCUT2D eigenvalue weighted by Gasteiger charge is 2.25. The first-order valence-corrected chi connectivity index (χ1v) is 30.6. The molecule has 4 aromatic carbocycles. The number of hydrogen-bond acceptors (Lipinski definition) is 7. The van der Waals surface area contributed by atoms with Crippen molar-refractivity contribution in [1.82, 2.24) is 5.06 Å². The number of unbranched alkanes of at least 4 members (excludes halogenated alkanes) is 6. The lowest BCUT2D eigenvalue weighted by Gasteiger charge is -2.23. The van der Waals surface area contributed by atoms with Crippen molar-refractivity contribution in [3.8, 4) is 49.5 Å². The highest BCUT2D eigenvalue weighted by Crippen LogP contribution is 2.51. The molecule has 0 aliphatic carbocycles. The van der Waals surface area contributed by atoms with E-state index in [1.165, 1.54) is 151 Å². The van der Waals surface area contributed by atoms with Crippen LogP contribution in [0.1, 0.15) is 150 Å². The second-order valence-corrected chi connectivity index (χ2v) is 27.3. The van der Waals surface area contributed by atoms with E-state index in [-0.39, 0.29) is 16.7 Å². The third kappa shape index (κ3) is 11.2. The number of aryl methyl sites for hydroxylation is 2. The summed E-state index contributed by atoms with van der Waals surface area (Å²) in [6, 6.07) is 37.1. The fourth-order valence-corrected chi connectivity index (χ4v) is 15.9. The van der Waals surface area contributed by atoms with Gasteiger partial charge in [-0.25, -0.2) is 5.06 Å². The summed E-state index contributed by atoms with van der Waals surface area (Å²) in [4.78, 5) is 31.6. The van der Waals surface area contributed by atoms with Crippen LogP contribution in [0.4, 0.5) is 0 Å². The number of thiophene rings is 5. The van der Waals surface area contributed by atoms with E-state index in [2.05, 4.69) is 177 Å². The Morgan fingerprint density at radius 1 is 0.521 bits per heavy atom. The Labute approximate surface area is 455 Å². The van der Waals surface area contributed by atoms with Gasteiger partial charge >= 0.3 is 0 Å². The molecule has 0 aliphatic rings. The minimum absolute atomic E-state index is 0.0887. The average Bonchev–Trinajstić information content (AvgIpc) is 4.23. The van der Waals surface area contributed by atoms with Crippen molar-refractivity contribution in [3.63, 3.8) is 0 Å².